The highest BCUT2D eigenvalue weighted by atomic mass is 16.5. The second-order valence-corrected chi connectivity index (χ2v) is 10.0. The second kappa shape index (κ2) is 13.3. The van der Waals surface area contributed by atoms with E-state index in [1.165, 1.54) is 17.0 Å². The predicted molar refractivity (Wildman–Crippen MR) is 162 cm³/mol. The summed E-state index contributed by atoms with van der Waals surface area (Å²) in [5.74, 6) is 1.85. The van der Waals surface area contributed by atoms with Gasteiger partial charge >= 0.3 is 0 Å². The summed E-state index contributed by atoms with van der Waals surface area (Å²) in [6.07, 6.45) is 11.0. The van der Waals surface area contributed by atoms with E-state index in [0.29, 0.717) is 0 Å². The first kappa shape index (κ1) is 28.2. The van der Waals surface area contributed by atoms with E-state index in [4.69, 9.17) is 9.73 Å². The zero-order chi connectivity index (χ0) is 27.1. The molecule has 0 saturated heterocycles. The zero-order valence-corrected chi connectivity index (χ0v) is 24.4. The Balaban J connectivity index is 1.62. The molecular weight excluding hydrogens is 470 g/mol. The lowest BCUT2D eigenvalue weighted by atomic mass is 9.83. The molecule has 6 heteroatoms. The maximum absolute atomic E-state index is 6.64. The van der Waals surface area contributed by atoms with E-state index in [1.807, 2.05) is 0 Å². The molecule has 1 unspecified atom stereocenters. The van der Waals surface area contributed by atoms with Crippen LogP contribution in [0.3, 0.4) is 0 Å². The number of ether oxygens (including phenoxy) is 1. The normalized spacial score (nSPS) is 17.6. The van der Waals surface area contributed by atoms with Gasteiger partial charge in [0, 0.05) is 62.8 Å². The highest BCUT2D eigenvalue weighted by Crippen LogP contribution is 2.43. The Labute approximate surface area is 230 Å². The zero-order valence-electron chi connectivity index (χ0n) is 24.4. The molecule has 3 aliphatic rings. The van der Waals surface area contributed by atoms with Gasteiger partial charge in [0.25, 0.3) is 0 Å². The van der Waals surface area contributed by atoms with Crippen LogP contribution < -0.4 is 9.64 Å². The standard InChI is InChI=1S/C32H47N5O/c1-7-34(8-2)19-21-36(11-5)25-17-18-28-30(23-25)38-31-24-29(37(12-6)22-20-35(9-3)10-4)26-15-13-14-16-27(26)32(31)33-28/h13-18,23-24,27H,7-12,19-22H2,1-6H3. The lowest BCUT2D eigenvalue weighted by Crippen LogP contribution is -2.37. The fourth-order valence-corrected chi connectivity index (χ4v) is 5.58. The average Bonchev–Trinajstić information content (AvgIpc) is 2.96. The molecule has 206 valence electrons. The average molecular weight is 518 g/mol. The van der Waals surface area contributed by atoms with Crippen LogP contribution in [0.2, 0.25) is 0 Å². The summed E-state index contributed by atoms with van der Waals surface area (Å²) in [5.41, 5.74) is 5.69. The summed E-state index contributed by atoms with van der Waals surface area (Å²) >= 11 is 0. The molecule has 6 nitrogen and oxygen atoms in total. The summed E-state index contributed by atoms with van der Waals surface area (Å²) in [6, 6.07) is 6.49. The third-order valence-corrected chi connectivity index (χ3v) is 8.17. The molecular formula is C32H47N5O. The number of hydrogen-bond acceptors (Lipinski definition) is 6. The largest absolute Gasteiger partial charge is 0.453 e. The van der Waals surface area contributed by atoms with E-state index < -0.39 is 0 Å². The molecule has 0 fully saturated rings. The van der Waals surface area contributed by atoms with Crippen LogP contribution >= 0.6 is 0 Å². The van der Waals surface area contributed by atoms with Crippen LogP contribution in [0.1, 0.15) is 41.5 Å². The first-order chi connectivity index (χ1) is 18.6. The number of nitrogens with zero attached hydrogens (tertiary/aromatic N) is 5. The second-order valence-electron chi connectivity index (χ2n) is 10.0. The molecule has 0 amide bonds. The van der Waals surface area contributed by atoms with E-state index in [-0.39, 0.29) is 5.92 Å². The lowest BCUT2D eigenvalue weighted by Gasteiger charge is -2.36. The Bertz CT molecular complexity index is 1110. The van der Waals surface area contributed by atoms with Gasteiger partial charge in [-0.05, 0) is 57.7 Å². The number of benzene rings is 1. The van der Waals surface area contributed by atoms with Gasteiger partial charge in [-0.1, -0.05) is 52.0 Å². The molecule has 4 rings (SSSR count). The molecule has 0 aromatic heterocycles. The van der Waals surface area contributed by atoms with Gasteiger partial charge in [-0.25, -0.2) is 4.99 Å². The van der Waals surface area contributed by atoms with Crippen LogP contribution in [0, 0.1) is 5.92 Å². The third kappa shape index (κ3) is 6.08. The minimum Gasteiger partial charge on any atom is -0.453 e. The van der Waals surface area contributed by atoms with E-state index in [1.54, 1.807) is 0 Å². The molecule has 0 bridgehead atoms. The van der Waals surface area contributed by atoms with E-state index >= 15 is 0 Å². The topological polar surface area (TPSA) is 34.5 Å². The monoisotopic (exact) mass is 517 g/mol. The van der Waals surface area contributed by atoms with Crippen molar-refractivity contribution in [3.05, 3.63) is 65.6 Å². The molecule has 1 aliphatic heterocycles. The Kier molecular flexibility index (Phi) is 9.86. The summed E-state index contributed by atoms with van der Waals surface area (Å²) in [7, 11) is 0. The van der Waals surface area contributed by atoms with E-state index in [9.17, 15) is 0 Å². The number of anilines is 1. The number of allylic oxidation sites excluding steroid dienone is 7. The van der Waals surface area contributed by atoms with Crippen LogP contribution in [0.25, 0.3) is 0 Å². The molecule has 1 heterocycles. The maximum atomic E-state index is 6.64. The molecule has 1 atom stereocenters. The van der Waals surface area contributed by atoms with Crippen LogP contribution in [0.4, 0.5) is 11.4 Å². The highest BCUT2D eigenvalue weighted by molar-refractivity contribution is 6.08. The van der Waals surface area contributed by atoms with Crippen LogP contribution in [-0.4, -0.2) is 85.9 Å². The van der Waals surface area contributed by atoms with Gasteiger partial charge in [0.05, 0.1) is 11.6 Å². The number of rotatable bonds is 14. The van der Waals surface area contributed by atoms with Crippen molar-refractivity contribution >= 4 is 17.1 Å². The molecule has 2 aliphatic carbocycles. The minimum atomic E-state index is 0.117. The summed E-state index contributed by atoms with van der Waals surface area (Å²) in [5, 5.41) is 0. The number of likely N-dealkylation sites (N-methyl/N-ethyl adjacent to an activating group) is 4. The SMILES string of the molecule is CCN(CC)CCN(CC)C1=C2C=CC=CC2C2=Nc3ccc(N(CC)CCN(CC)CC)cc3OC2=C1. The third-order valence-electron chi connectivity index (χ3n) is 8.17. The summed E-state index contributed by atoms with van der Waals surface area (Å²) in [6.45, 7) is 23.8. The van der Waals surface area contributed by atoms with Gasteiger partial charge in [-0.3, -0.25) is 0 Å². The number of aliphatic imine (C=N–C) groups is 1. The van der Waals surface area contributed by atoms with Gasteiger partial charge in [-0.2, -0.15) is 0 Å². The van der Waals surface area contributed by atoms with Crippen molar-refractivity contribution in [3.8, 4) is 5.75 Å². The van der Waals surface area contributed by atoms with Crippen LogP contribution in [0.15, 0.2) is 70.6 Å². The predicted octanol–water partition coefficient (Wildman–Crippen LogP) is 5.88. The lowest BCUT2D eigenvalue weighted by molar-refractivity contribution is 0.251. The highest BCUT2D eigenvalue weighted by Gasteiger charge is 2.34. The number of hydrogen-bond donors (Lipinski definition) is 0. The minimum absolute atomic E-state index is 0.117. The van der Waals surface area contributed by atoms with E-state index in [0.717, 1.165) is 88.4 Å². The van der Waals surface area contributed by atoms with Gasteiger partial charge in [-0.15, -0.1) is 0 Å². The van der Waals surface area contributed by atoms with Crippen molar-refractivity contribution in [1.82, 2.24) is 14.7 Å². The smallest absolute Gasteiger partial charge is 0.155 e. The Morgan fingerprint density at radius 2 is 1.42 bits per heavy atom. The Morgan fingerprint density at radius 1 is 0.763 bits per heavy atom. The first-order valence-corrected chi connectivity index (χ1v) is 14.7. The van der Waals surface area contributed by atoms with Gasteiger partial charge in [0.1, 0.15) is 5.69 Å². The quantitative estimate of drug-likeness (QED) is 0.308. The van der Waals surface area contributed by atoms with Crippen molar-refractivity contribution in [2.24, 2.45) is 10.9 Å². The summed E-state index contributed by atoms with van der Waals surface area (Å²) < 4.78 is 6.64. The van der Waals surface area contributed by atoms with E-state index in [2.05, 4.69) is 110 Å². The molecule has 0 spiro atoms. The van der Waals surface area contributed by atoms with Crippen molar-refractivity contribution in [2.75, 3.05) is 70.3 Å². The van der Waals surface area contributed by atoms with Gasteiger partial charge < -0.3 is 24.3 Å². The Morgan fingerprint density at radius 3 is 2.05 bits per heavy atom. The first-order valence-electron chi connectivity index (χ1n) is 14.7. The molecule has 1 aromatic carbocycles. The fraction of sp³-hybridized carbons (Fsp3) is 0.531. The molecule has 0 N–H and O–H groups in total. The molecule has 0 radical (unpaired) electrons. The number of fused-ring (bicyclic) bond motifs is 4. The van der Waals surface area contributed by atoms with Crippen LogP contribution in [-0.2, 0) is 0 Å². The van der Waals surface area contributed by atoms with Gasteiger partial charge in [0.15, 0.2) is 11.5 Å². The summed E-state index contributed by atoms with van der Waals surface area (Å²) in [4.78, 5) is 15.0. The van der Waals surface area contributed by atoms with Crippen molar-refractivity contribution < 1.29 is 4.74 Å². The Hall–Kier alpha value is -2.83. The molecule has 38 heavy (non-hydrogen) atoms. The van der Waals surface area contributed by atoms with Crippen LogP contribution in [0.5, 0.6) is 5.75 Å². The van der Waals surface area contributed by atoms with Gasteiger partial charge in [0.2, 0.25) is 0 Å². The van der Waals surface area contributed by atoms with Crippen molar-refractivity contribution in [1.29, 1.82) is 0 Å². The van der Waals surface area contributed by atoms with Crippen molar-refractivity contribution in [3.63, 3.8) is 0 Å². The molecule has 0 saturated carbocycles. The maximum Gasteiger partial charge on any atom is 0.155 e. The van der Waals surface area contributed by atoms with Crippen molar-refractivity contribution in [2.45, 2.75) is 41.5 Å². The fourth-order valence-electron chi connectivity index (χ4n) is 5.58. The molecule has 1 aromatic rings.